The van der Waals surface area contributed by atoms with Crippen LogP contribution in [0.3, 0.4) is 0 Å². The highest BCUT2D eigenvalue weighted by atomic mass is 15.1. The van der Waals surface area contributed by atoms with Gasteiger partial charge in [-0.05, 0) is 18.6 Å². The summed E-state index contributed by atoms with van der Waals surface area (Å²) in [6.45, 7) is 9.29. The molecule has 1 aromatic heterocycles. The van der Waals surface area contributed by atoms with Crippen LogP contribution in [0.25, 0.3) is 0 Å². The Kier molecular flexibility index (Phi) is 5.76. The summed E-state index contributed by atoms with van der Waals surface area (Å²) in [4.78, 5) is 6.68. The van der Waals surface area contributed by atoms with Gasteiger partial charge in [-0.25, -0.2) is 0 Å². The van der Waals surface area contributed by atoms with Gasteiger partial charge in [0.2, 0.25) is 0 Å². The van der Waals surface area contributed by atoms with E-state index >= 15 is 0 Å². The van der Waals surface area contributed by atoms with Crippen LogP contribution in [0.4, 0.5) is 5.69 Å². The van der Waals surface area contributed by atoms with Crippen molar-refractivity contribution < 1.29 is 0 Å². The minimum atomic E-state index is 0.474. The smallest absolute Gasteiger partial charge is 0.0445 e. The van der Waals surface area contributed by atoms with E-state index in [2.05, 4.69) is 72.4 Å². The number of benzene rings is 1. The van der Waals surface area contributed by atoms with Gasteiger partial charge in [-0.15, -0.1) is 0 Å². The quantitative estimate of drug-likeness (QED) is 0.841. The minimum Gasteiger partial charge on any atom is -0.367 e. The van der Waals surface area contributed by atoms with Crippen molar-refractivity contribution in [1.82, 2.24) is 10.3 Å². The molecule has 0 fully saturated rings. The Balaban J connectivity index is 2.17. The highest BCUT2D eigenvalue weighted by Gasteiger charge is 2.10. The Morgan fingerprint density at radius 2 is 1.90 bits per heavy atom. The van der Waals surface area contributed by atoms with Gasteiger partial charge in [0.15, 0.2) is 0 Å². The molecule has 1 heterocycles. The summed E-state index contributed by atoms with van der Waals surface area (Å²) >= 11 is 0. The lowest BCUT2D eigenvalue weighted by Crippen LogP contribution is -2.27. The largest absolute Gasteiger partial charge is 0.367 e. The number of nitrogens with zero attached hydrogens (tertiary/aromatic N) is 2. The monoisotopic (exact) mass is 283 g/mol. The van der Waals surface area contributed by atoms with Crippen LogP contribution in [0.5, 0.6) is 0 Å². The predicted molar refractivity (Wildman–Crippen MR) is 89.4 cm³/mol. The molecular weight excluding hydrogens is 258 g/mol. The van der Waals surface area contributed by atoms with Gasteiger partial charge in [0.25, 0.3) is 0 Å². The Morgan fingerprint density at radius 3 is 2.57 bits per heavy atom. The van der Waals surface area contributed by atoms with Gasteiger partial charge in [-0.2, -0.15) is 0 Å². The zero-order valence-electron chi connectivity index (χ0n) is 13.2. The molecule has 0 spiro atoms. The van der Waals surface area contributed by atoms with Crippen molar-refractivity contribution >= 4 is 5.69 Å². The Morgan fingerprint density at radius 1 is 1.14 bits per heavy atom. The van der Waals surface area contributed by atoms with Crippen molar-refractivity contribution in [1.29, 1.82) is 0 Å². The second kappa shape index (κ2) is 7.79. The molecule has 21 heavy (non-hydrogen) atoms. The Hall–Kier alpha value is -1.87. The number of pyridine rings is 1. The maximum absolute atomic E-state index is 4.28. The second-order valence-electron chi connectivity index (χ2n) is 5.54. The summed E-state index contributed by atoms with van der Waals surface area (Å²) in [5.41, 5.74) is 3.85. The van der Waals surface area contributed by atoms with Gasteiger partial charge in [-0.3, -0.25) is 4.98 Å². The first kappa shape index (κ1) is 15.5. The molecule has 2 rings (SSSR count). The molecule has 0 saturated heterocycles. The van der Waals surface area contributed by atoms with Gasteiger partial charge in [0.05, 0.1) is 0 Å². The molecule has 0 radical (unpaired) electrons. The van der Waals surface area contributed by atoms with E-state index in [-0.39, 0.29) is 0 Å². The third-order valence-corrected chi connectivity index (χ3v) is 3.52. The number of anilines is 1. The van der Waals surface area contributed by atoms with Gasteiger partial charge in [-0.1, -0.05) is 44.2 Å². The molecule has 0 bridgehead atoms. The lowest BCUT2D eigenvalue weighted by Gasteiger charge is -2.26. The van der Waals surface area contributed by atoms with E-state index in [9.17, 15) is 0 Å². The number of rotatable bonds is 7. The van der Waals surface area contributed by atoms with Crippen molar-refractivity contribution in [2.45, 2.75) is 39.9 Å². The van der Waals surface area contributed by atoms with Crippen LogP contribution in [0, 0.1) is 0 Å². The fraction of sp³-hybridized carbons (Fsp3) is 0.389. The first-order chi connectivity index (χ1) is 10.2. The van der Waals surface area contributed by atoms with E-state index in [0.29, 0.717) is 6.04 Å². The van der Waals surface area contributed by atoms with Crippen molar-refractivity contribution in [3.05, 3.63) is 59.9 Å². The molecule has 1 N–H and O–H groups in total. The van der Waals surface area contributed by atoms with Gasteiger partial charge in [0, 0.05) is 49.3 Å². The topological polar surface area (TPSA) is 28.2 Å². The predicted octanol–water partition coefficient (Wildman–Crippen LogP) is 3.61. The van der Waals surface area contributed by atoms with E-state index < -0.39 is 0 Å². The molecule has 0 atom stereocenters. The van der Waals surface area contributed by atoms with Crippen LogP contribution >= 0.6 is 0 Å². The van der Waals surface area contributed by atoms with Crippen molar-refractivity contribution in [3.8, 4) is 0 Å². The van der Waals surface area contributed by atoms with E-state index in [1.807, 2.05) is 12.4 Å². The number of hydrogen-bond donors (Lipinski definition) is 1. The number of hydrogen-bond acceptors (Lipinski definition) is 3. The third-order valence-electron chi connectivity index (χ3n) is 3.52. The fourth-order valence-corrected chi connectivity index (χ4v) is 2.35. The van der Waals surface area contributed by atoms with Gasteiger partial charge >= 0.3 is 0 Å². The molecule has 3 heteroatoms. The summed E-state index contributed by atoms with van der Waals surface area (Å²) in [6, 6.07) is 13.2. The normalized spacial score (nSPS) is 10.9. The fourth-order valence-electron chi connectivity index (χ4n) is 2.35. The molecule has 0 aliphatic rings. The third kappa shape index (κ3) is 4.57. The molecule has 2 aromatic rings. The lowest BCUT2D eigenvalue weighted by atomic mass is 10.1. The lowest BCUT2D eigenvalue weighted by molar-refractivity contribution is 0.586. The summed E-state index contributed by atoms with van der Waals surface area (Å²) in [6.07, 6.45) is 3.85. The maximum Gasteiger partial charge on any atom is 0.0445 e. The SMILES string of the molecule is CCN(Cc1ccccc1)c1ccncc1CNC(C)C. The van der Waals surface area contributed by atoms with Crippen molar-refractivity contribution in [2.24, 2.45) is 0 Å². The molecule has 0 aliphatic heterocycles. The van der Waals surface area contributed by atoms with Crippen LogP contribution in [-0.2, 0) is 13.1 Å². The number of aromatic nitrogens is 1. The van der Waals surface area contributed by atoms with Gasteiger partial charge in [0.1, 0.15) is 0 Å². The standard InChI is InChI=1S/C18H25N3/c1-4-21(14-16-8-6-5-7-9-16)18-10-11-19-12-17(18)13-20-15(2)3/h5-12,15,20H,4,13-14H2,1-3H3. The highest BCUT2D eigenvalue weighted by Crippen LogP contribution is 2.21. The van der Waals surface area contributed by atoms with E-state index in [1.54, 1.807) is 0 Å². The van der Waals surface area contributed by atoms with E-state index in [0.717, 1.165) is 19.6 Å². The molecule has 0 amide bonds. The second-order valence-corrected chi connectivity index (χ2v) is 5.54. The van der Waals surface area contributed by atoms with Crippen LogP contribution in [0.15, 0.2) is 48.8 Å². The molecule has 0 saturated carbocycles. The first-order valence-electron chi connectivity index (χ1n) is 7.65. The average molecular weight is 283 g/mol. The summed E-state index contributed by atoms with van der Waals surface area (Å²) in [5.74, 6) is 0. The number of nitrogens with one attached hydrogen (secondary N) is 1. The van der Waals surface area contributed by atoms with Crippen molar-refractivity contribution in [2.75, 3.05) is 11.4 Å². The summed E-state index contributed by atoms with van der Waals surface area (Å²) < 4.78 is 0. The van der Waals surface area contributed by atoms with E-state index in [1.165, 1.54) is 16.8 Å². The summed E-state index contributed by atoms with van der Waals surface area (Å²) in [7, 11) is 0. The van der Waals surface area contributed by atoms with E-state index in [4.69, 9.17) is 0 Å². The molecule has 1 aromatic carbocycles. The highest BCUT2D eigenvalue weighted by molar-refractivity contribution is 5.52. The molecule has 112 valence electrons. The Bertz CT molecular complexity index is 537. The van der Waals surface area contributed by atoms with Crippen LogP contribution < -0.4 is 10.2 Å². The first-order valence-corrected chi connectivity index (χ1v) is 7.65. The van der Waals surface area contributed by atoms with Crippen LogP contribution in [0.2, 0.25) is 0 Å². The Labute approximate surface area is 128 Å². The summed E-state index contributed by atoms with van der Waals surface area (Å²) in [5, 5.41) is 3.48. The van der Waals surface area contributed by atoms with Gasteiger partial charge < -0.3 is 10.2 Å². The molecule has 0 aliphatic carbocycles. The van der Waals surface area contributed by atoms with Crippen LogP contribution in [0.1, 0.15) is 31.9 Å². The molecule has 3 nitrogen and oxygen atoms in total. The zero-order chi connectivity index (χ0) is 15.1. The average Bonchev–Trinajstić information content (AvgIpc) is 2.52. The minimum absolute atomic E-state index is 0.474. The zero-order valence-corrected chi connectivity index (χ0v) is 13.2. The van der Waals surface area contributed by atoms with Crippen molar-refractivity contribution in [3.63, 3.8) is 0 Å². The molecular formula is C18H25N3. The van der Waals surface area contributed by atoms with Crippen LogP contribution in [-0.4, -0.2) is 17.6 Å². The maximum atomic E-state index is 4.28. The molecule has 0 unspecified atom stereocenters.